The first-order valence-corrected chi connectivity index (χ1v) is 7.05. The van der Waals surface area contributed by atoms with Gasteiger partial charge in [-0.2, -0.15) is 5.10 Å². The molecule has 21 heavy (non-hydrogen) atoms. The van der Waals surface area contributed by atoms with Gasteiger partial charge in [-0.25, -0.2) is 0 Å². The minimum atomic E-state index is -0.180. The van der Waals surface area contributed by atoms with E-state index < -0.39 is 0 Å². The van der Waals surface area contributed by atoms with E-state index in [0.717, 1.165) is 18.4 Å². The molecular formula is C15H22N4O2. The second kappa shape index (κ2) is 9.52. The highest BCUT2D eigenvalue weighted by molar-refractivity contribution is 5.93. The fourth-order valence-electron chi connectivity index (χ4n) is 1.68. The van der Waals surface area contributed by atoms with Crippen LogP contribution >= 0.6 is 0 Å². The first-order valence-electron chi connectivity index (χ1n) is 7.05. The zero-order chi connectivity index (χ0) is 15.5. The molecule has 0 bridgehead atoms. The summed E-state index contributed by atoms with van der Waals surface area (Å²) in [5, 5.41) is 8.94. The Labute approximate surface area is 124 Å². The molecule has 0 aliphatic carbocycles. The molecule has 6 heteroatoms. The Hall–Kier alpha value is -2.37. The number of carbonyl (C=O) groups excluding carboxylic acids is 2. The maximum atomic E-state index is 11.7. The molecule has 0 aliphatic heterocycles. The minimum absolute atomic E-state index is 0.0897. The van der Waals surface area contributed by atoms with E-state index >= 15 is 0 Å². The predicted octanol–water partition coefficient (Wildman–Crippen LogP) is 1.61. The number of amides is 2. The largest absolute Gasteiger partial charge is 0.356 e. The normalized spacial score (nSPS) is 10.5. The third-order valence-electron chi connectivity index (χ3n) is 2.85. The van der Waals surface area contributed by atoms with Crippen LogP contribution in [-0.4, -0.2) is 24.6 Å². The molecule has 0 saturated heterocycles. The standard InChI is InChI=1S/C15H22N4O2/c1-2-3-10-17-14(20)8-9-15(21)19-13-6-4-12(5-7-13)11-18-16/h4-7,11H,2-3,8-10,16H2,1H3,(H,17,20)(H,19,21). The molecule has 0 atom stereocenters. The molecule has 1 aromatic rings. The van der Waals surface area contributed by atoms with Crippen LogP contribution in [0.4, 0.5) is 5.69 Å². The lowest BCUT2D eigenvalue weighted by molar-refractivity contribution is -0.124. The summed E-state index contributed by atoms with van der Waals surface area (Å²) in [4.78, 5) is 23.2. The van der Waals surface area contributed by atoms with Crippen molar-refractivity contribution in [3.63, 3.8) is 0 Å². The van der Waals surface area contributed by atoms with E-state index in [9.17, 15) is 9.59 Å². The van der Waals surface area contributed by atoms with Gasteiger partial charge in [0, 0.05) is 25.1 Å². The Bertz CT molecular complexity index is 483. The molecule has 6 nitrogen and oxygen atoms in total. The SMILES string of the molecule is CCCCNC(=O)CCC(=O)Nc1ccc(C=NN)cc1. The van der Waals surface area contributed by atoms with Gasteiger partial charge in [0.15, 0.2) is 0 Å². The van der Waals surface area contributed by atoms with Crippen molar-refractivity contribution in [2.45, 2.75) is 32.6 Å². The van der Waals surface area contributed by atoms with Crippen molar-refractivity contribution in [3.8, 4) is 0 Å². The summed E-state index contributed by atoms with van der Waals surface area (Å²) in [6.45, 7) is 2.73. The van der Waals surface area contributed by atoms with Gasteiger partial charge in [-0.15, -0.1) is 0 Å². The molecule has 0 radical (unpaired) electrons. The summed E-state index contributed by atoms with van der Waals surface area (Å²) in [6.07, 6.45) is 3.88. The Morgan fingerprint density at radius 2 is 1.86 bits per heavy atom. The van der Waals surface area contributed by atoms with Gasteiger partial charge >= 0.3 is 0 Å². The number of benzene rings is 1. The van der Waals surface area contributed by atoms with Crippen molar-refractivity contribution < 1.29 is 9.59 Å². The summed E-state index contributed by atoms with van der Waals surface area (Å²) in [7, 11) is 0. The van der Waals surface area contributed by atoms with E-state index in [-0.39, 0.29) is 24.7 Å². The van der Waals surface area contributed by atoms with Crippen LogP contribution in [0.25, 0.3) is 0 Å². The number of carbonyl (C=O) groups is 2. The summed E-state index contributed by atoms with van der Waals surface area (Å²) < 4.78 is 0. The number of rotatable bonds is 8. The van der Waals surface area contributed by atoms with Crippen LogP contribution in [-0.2, 0) is 9.59 Å². The fourth-order valence-corrected chi connectivity index (χ4v) is 1.68. The monoisotopic (exact) mass is 290 g/mol. The van der Waals surface area contributed by atoms with E-state index in [1.165, 1.54) is 6.21 Å². The molecule has 0 aromatic heterocycles. The maximum absolute atomic E-state index is 11.7. The van der Waals surface area contributed by atoms with Gasteiger partial charge in [0.1, 0.15) is 0 Å². The van der Waals surface area contributed by atoms with E-state index in [1.807, 2.05) is 0 Å². The first-order chi connectivity index (χ1) is 10.2. The Morgan fingerprint density at radius 3 is 2.48 bits per heavy atom. The van der Waals surface area contributed by atoms with Crippen LogP contribution in [0.15, 0.2) is 29.4 Å². The molecule has 4 N–H and O–H groups in total. The number of anilines is 1. The number of nitrogens with zero attached hydrogens (tertiary/aromatic N) is 1. The Kier molecular flexibility index (Phi) is 7.56. The molecule has 0 heterocycles. The lowest BCUT2D eigenvalue weighted by atomic mass is 10.2. The smallest absolute Gasteiger partial charge is 0.224 e. The van der Waals surface area contributed by atoms with Crippen molar-refractivity contribution in [2.24, 2.45) is 10.9 Å². The molecule has 1 rings (SSSR count). The summed E-state index contributed by atoms with van der Waals surface area (Å²) >= 11 is 0. The maximum Gasteiger partial charge on any atom is 0.224 e. The highest BCUT2D eigenvalue weighted by Gasteiger charge is 2.06. The highest BCUT2D eigenvalue weighted by Crippen LogP contribution is 2.09. The van der Waals surface area contributed by atoms with Gasteiger partial charge in [-0.1, -0.05) is 25.5 Å². The van der Waals surface area contributed by atoms with Crippen LogP contribution in [0.5, 0.6) is 0 Å². The van der Waals surface area contributed by atoms with Crippen molar-refractivity contribution in [2.75, 3.05) is 11.9 Å². The molecule has 0 spiro atoms. The zero-order valence-electron chi connectivity index (χ0n) is 12.3. The average molecular weight is 290 g/mol. The zero-order valence-corrected chi connectivity index (χ0v) is 12.3. The number of nitrogens with one attached hydrogen (secondary N) is 2. The van der Waals surface area contributed by atoms with E-state index in [2.05, 4.69) is 22.7 Å². The lowest BCUT2D eigenvalue weighted by Crippen LogP contribution is -2.25. The summed E-state index contributed by atoms with van der Waals surface area (Å²) in [5.41, 5.74) is 1.53. The van der Waals surface area contributed by atoms with Crippen molar-refractivity contribution in [3.05, 3.63) is 29.8 Å². The average Bonchev–Trinajstić information content (AvgIpc) is 2.48. The van der Waals surface area contributed by atoms with Gasteiger partial charge in [0.05, 0.1) is 6.21 Å². The van der Waals surface area contributed by atoms with E-state index in [1.54, 1.807) is 24.3 Å². The van der Waals surface area contributed by atoms with Gasteiger partial charge in [-0.3, -0.25) is 9.59 Å². The quantitative estimate of drug-likeness (QED) is 0.294. The van der Waals surface area contributed by atoms with Gasteiger partial charge in [0.25, 0.3) is 0 Å². The second-order valence-electron chi connectivity index (χ2n) is 4.65. The Balaban J connectivity index is 2.31. The highest BCUT2D eigenvalue weighted by atomic mass is 16.2. The van der Waals surface area contributed by atoms with Gasteiger partial charge in [-0.05, 0) is 24.1 Å². The predicted molar refractivity (Wildman–Crippen MR) is 84.0 cm³/mol. The number of unbranched alkanes of at least 4 members (excludes halogenated alkanes) is 1. The molecule has 0 unspecified atom stereocenters. The van der Waals surface area contributed by atoms with Gasteiger partial charge in [0.2, 0.25) is 11.8 Å². The van der Waals surface area contributed by atoms with Crippen LogP contribution in [0, 0.1) is 0 Å². The summed E-state index contributed by atoms with van der Waals surface area (Å²) in [5.74, 6) is 4.78. The lowest BCUT2D eigenvalue weighted by Gasteiger charge is -2.06. The summed E-state index contributed by atoms with van der Waals surface area (Å²) in [6, 6.07) is 7.11. The number of hydrogen-bond acceptors (Lipinski definition) is 4. The molecule has 114 valence electrons. The van der Waals surface area contributed by atoms with Crippen molar-refractivity contribution >= 4 is 23.7 Å². The van der Waals surface area contributed by atoms with Crippen molar-refractivity contribution in [1.29, 1.82) is 0 Å². The van der Waals surface area contributed by atoms with E-state index in [4.69, 9.17) is 5.84 Å². The third-order valence-corrected chi connectivity index (χ3v) is 2.85. The van der Waals surface area contributed by atoms with Crippen LogP contribution in [0.2, 0.25) is 0 Å². The fraction of sp³-hybridized carbons (Fsp3) is 0.400. The Morgan fingerprint density at radius 1 is 1.19 bits per heavy atom. The second-order valence-corrected chi connectivity index (χ2v) is 4.65. The molecular weight excluding hydrogens is 268 g/mol. The number of nitrogens with two attached hydrogens (primary N) is 1. The number of hydrazone groups is 1. The molecule has 0 saturated carbocycles. The van der Waals surface area contributed by atoms with Crippen LogP contribution in [0.1, 0.15) is 38.2 Å². The van der Waals surface area contributed by atoms with Crippen molar-refractivity contribution in [1.82, 2.24) is 5.32 Å². The minimum Gasteiger partial charge on any atom is -0.356 e. The molecule has 0 fully saturated rings. The number of hydrogen-bond donors (Lipinski definition) is 3. The molecule has 0 aliphatic rings. The van der Waals surface area contributed by atoms with Crippen LogP contribution < -0.4 is 16.5 Å². The molecule has 1 aromatic carbocycles. The third kappa shape index (κ3) is 7.10. The topological polar surface area (TPSA) is 96.6 Å². The van der Waals surface area contributed by atoms with Gasteiger partial charge < -0.3 is 16.5 Å². The molecule has 2 amide bonds. The first kappa shape index (κ1) is 16.7. The van der Waals surface area contributed by atoms with E-state index in [0.29, 0.717) is 12.2 Å². The van der Waals surface area contributed by atoms with Crippen LogP contribution in [0.3, 0.4) is 0 Å².